The van der Waals surface area contributed by atoms with Gasteiger partial charge in [-0.25, -0.2) is 0 Å². The highest BCUT2D eigenvalue weighted by atomic mass is 32.2. The highest BCUT2D eigenvalue weighted by Crippen LogP contribution is 2.71. The summed E-state index contributed by atoms with van der Waals surface area (Å²) in [6.45, 7) is 14.5. The van der Waals surface area contributed by atoms with Crippen LogP contribution in [0, 0.1) is 60.0 Å². The predicted octanol–water partition coefficient (Wildman–Crippen LogP) is 4.82. The van der Waals surface area contributed by atoms with Gasteiger partial charge < -0.3 is 4.74 Å². The Morgan fingerprint density at radius 1 is 1.11 bits per heavy atom. The van der Waals surface area contributed by atoms with E-state index in [1.165, 1.54) is 0 Å². The average Bonchev–Trinajstić information content (AvgIpc) is 3.28. The van der Waals surface area contributed by atoms with Crippen LogP contribution >= 0.6 is 0 Å². The van der Waals surface area contributed by atoms with Gasteiger partial charge in [0.1, 0.15) is 11.2 Å². The first-order chi connectivity index (χ1) is 21.2. The zero-order valence-corrected chi connectivity index (χ0v) is 26.3. The molecule has 0 bridgehead atoms. The predicted molar refractivity (Wildman–Crippen MR) is 155 cm³/mol. The lowest BCUT2D eigenvalue weighted by Crippen LogP contribution is -2.74. The molecule has 1 unspecified atom stereocenters. The third-order valence-corrected chi connectivity index (χ3v) is 12.7. The maximum absolute atomic E-state index is 14.4. The fourth-order valence-electron chi connectivity index (χ4n) is 9.08. The average molecular weight is 673 g/mol. The van der Waals surface area contributed by atoms with E-state index in [0.717, 1.165) is 0 Å². The van der Waals surface area contributed by atoms with Crippen LogP contribution in [0.5, 0.6) is 0 Å². The number of carbonyl (C=O) groups is 4. The van der Waals surface area contributed by atoms with E-state index < -0.39 is 86.4 Å². The summed E-state index contributed by atoms with van der Waals surface area (Å²) >= 11 is 0. The van der Waals surface area contributed by atoms with E-state index in [1.54, 1.807) is 6.92 Å². The van der Waals surface area contributed by atoms with E-state index in [0.29, 0.717) is 6.42 Å². The van der Waals surface area contributed by atoms with Gasteiger partial charge in [0.15, 0.2) is 17.5 Å². The molecule has 1 N–H and O–H groups in total. The molecule has 0 spiro atoms. The highest BCUT2D eigenvalue weighted by Gasteiger charge is 2.89. The fourth-order valence-corrected chi connectivity index (χ4v) is 9.56. The first-order valence-corrected chi connectivity index (χ1v) is 16.4. The van der Waals surface area contributed by atoms with Crippen LogP contribution in [0.3, 0.4) is 0 Å². The number of Topliss-reactive ketones (excluding diaryl/α,β-unsaturated/α-hetero) is 3. The molecule has 8 atom stereocenters. The number of esters is 1. The largest absolute Gasteiger partial charge is 0.465 e. The summed E-state index contributed by atoms with van der Waals surface area (Å²) in [5.74, 6) is -7.12. The molecular formula is C31H36F4N2O8S+2. The summed E-state index contributed by atoms with van der Waals surface area (Å²) in [4.78, 5) is 61.6. The summed E-state index contributed by atoms with van der Waals surface area (Å²) in [6.07, 6.45) is 4.46. The fraction of sp³-hybridized carbons (Fsp3) is 0.742. The summed E-state index contributed by atoms with van der Waals surface area (Å²) < 4.78 is 88.7. The third kappa shape index (κ3) is 4.78. The van der Waals surface area contributed by atoms with Gasteiger partial charge in [-0.1, -0.05) is 16.6 Å². The van der Waals surface area contributed by atoms with Gasteiger partial charge >= 0.3 is 38.3 Å². The van der Waals surface area contributed by atoms with Crippen LogP contribution in [-0.2, 0) is 34.0 Å². The number of hydrogen-bond acceptors (Lipinski definition) is 7. The van der Waals surface area contributed by atoms with Crippen molar-refractivity contribution in [2.45, 2.75) is 100 Å². The minimum Gasteiger partial charge on any atom is -0.465 e. The quantitative estimate of drug-likeness (QED) is 0.159. The monoisotopic (exact) mass is 672 g/mol. The van der Waals surface area contributed by atoms with Gasteiger partial charge in [0.05, 0.1) is 24.9 Å². The van der Waals surface area contributed by atoms with Crippen LogP contribution in [-0.4, -0.2) is 65.2 Å². The lowest BCUT2D eigenvalue weighted by molar-refractivity contribution is -0.174. The number of terminal acetylenes is 1. The Morgan fingerprint density at radius 2 is 1.74 bits per heavy atom. The number of ketones is 3. The number of fused-ring (bicyclic) bond motifs is 5. The molecule has 0 radical (unpaired) electrons. The number of hydrogen-bond donors (Lipinski definition) is 1. The second-order valence-corrected chi connectivity index (χ2v) is 15.0. The maximum Gasteiger partial charge on any atom is 0.431 e. The summed E-state index contributed by atoms with van der Waals surface area (Å²) in [5.41, 5.74) is -4.99. The van der Waals surface area contributed by atoms with E-state index in [2.05, 4.69) is 20.3 Å². The molecule has 15 heteroatoms. The molecular weight excluding hydrogens is 636 g/mol. The Hall–Kier alpha value is -3.35. The van der Waals surface area contributed by atoms with Crippen molar-refractivity contribution in [2.24, 2.45) is 34.5 Å². The molecule has 4 fully saturated rings. The van der Waals surface area contributed by atoms with E-state index >= 15 is 0 Å². The van der Waals surface area contributed by atoms with Crippen molar-refractivity contribution in [3.8, 4) is 25.5 Å². The zero-order chi connectivity index (χ0) is 34.7. The highest BCUT2D eigenvalue weighted by molar-refractivity contribution is 7.87. The Labute approximate surface area is 264 Å². The molecule has 4 aliphatic rings. The van der Waals surface area contributed by atoms with Gasteiger partial charge in [-0.2, -0.15) is 26.0 Å². The molecule has 46 heavy (non-hydrogen) atoms. The van der Waals surface area contributed by atoms with E-state index in [9.17, 15) is 45.2 Å². The van der Waals surface area contributed by atoms with Crippen molar-refractivity contribution in [3.63, 3.8) is 0 Å². The van der Waals surface area contributed by atoms with Gasteiger partial charge in [-0.3, -0.25) is 23.7 Å². The maximum atomic E-state index is 14.4. The van der Waals surface area contributed by atoms with Crippen LogP contribution < -0.4 is 0 Å². The first-order valence-electron chi connectivity index (χ1n) is 14.9. The van der Waals surface area contributed by atoms with Crippen LogP contribution in [0.4, 0.5) is 17.6 Å². The Bertz CT molecular complexity index is 1600. The van der Waals surface area contributed by atoms with Crippen molar-refractivity contribution in [2.75, 3.05) is 6.61 Å². The zero-order valence-electron chi connectivity index (χ0n) is 25.4. The normalized spacial score (nSPS) is 36.7. The smallest absolute Gasteiger partial charge is 0.431 e. The molecule has 4 rings (SSSR count). The van der Waals surface area contributed by atoms with E-state index in [-0.39, 0.29) is 68.2 Å². The van der Waals surface area contributed by atoms with Crippen LogP contribution in [0.15, 0.2) is 0 Å². The molecule has 250 valence electrons. The van der Waals surface area contributed by atoms with Gasteiger partial charge in [0.2, 0.25) is 0 Å². The molecule has 0 aromatic carbocycles. The van der Waals surface area contributed by atoms with Crippen LogP contribution in [0.25, 0.3) is 9.69 Å². The topological polar surface area (TPSA) is 141 Å². The van der Waals surface area contributed by atoms with Gasteiger partial charge in [-0.15, -0.1) is 12.3 Å². The molecule has 4 saturated carbocycles. The molecule has 0 heterocycles. The molecule has 10 nitrogen and oxygen atoms in total. The van der Waals surface area contributed by atoms with Crippen molar-refractivity contribution in [1.29, 1.82) is 0 Å². The van der Waals surface area contributed by atoms with E-state index in [4.69, 9.17) is 24.1 Å². The summed E-state index contributed by atoms with van der Waals surface area (Å²) in [6, 6.07) is 0. The van der Waals surface area contributed by atoms with Crippen LogP contribution in [0.2, 0.25) is 0 Å². The van der Waals surface area contributed by atoms with Crippen molar-refractivity contribution in [3.05, 3.63) is 9.69 Å². The van der Waals surface area contributed by atoms with Crippen molar-refractivity contribution in [1.82, 2.24) is 0 Å². The summed E-state index contributed by atoms with van der Waals surface area (Å²) in [7, 11) is -6.44. The molecule has 0 aromatic rings. The summed E-state index contributed by atoms with van der Waals surface area (Å²) in [5, 5.41) is -5.80. The first kappa shape index (κ1) is 35.5. The number of ether oxygens (including phenoxy) is 1. The third-order valence-electron chi connectivity index (χ3n) is 11.7. The lowest BCUT2D eigenvalue weighted by Gasteiger charge is -2.56. The minimum atomic E-state index is -6.44. The lowest BCUT2D eigenvalue weighted by atomic mass is 9.38. The van der Waals surface area contributed by atoms with Gasteiger partial charge in [0, 0.05) is 38.0 Å². The standard InChI is InChI=1S/C31H35F4N2O8S/c1-6-18(7-8-24(41)45-14-13-30(32,33)31(34,35)46(42,43)44)21-10-12-28(36-4)25-22(39)16-19-15-20(38)9-11-26(19,2)29(25,37-5)17-23(40)27(21,28)3/h1,4-5,18-19,21,25H,7-17H2,2-3H3/q+1/p+1/t18-,19?,21-,25+,26+,27+,28-,29-/m1/s1. The molecule has 0 amide bonds. The van der Waals surface area contributed by atoms with E-state index in [1.807, 2.05) is 6.92 Å². The minimum absolute atomic E-state index is 0.0205. The second kappa shape index (κ2) is 11.4. The van der Waals surface area contributed by atoms with Crippen molar-refractivity contribution < 1.29 is 54.4 Å². The Kier molecular flexibility index (Phi) is 8.81. The number of halogens is 4. The number of nitrogens with zero attached hydrogens (tertiary/aromatic N) is 2. The SMILES string of the molecule is C#C[C@H](CCC(=O)OCCC(F)(F)C(F)(F)S(=O)(=O)O)[C@H]1CC[C@@]2([N+]#C)[C@@H]3C(=O)CC4CC(=O)CC[C@]4(C)[C@@]3([N+]#C)CC(=O)[C@]12C. The Morgan fingerprint density at radius 3 is 2.30 bits per heavy atom. The number of rotatable bonds is 9. The van der Waals surface area contributed by atoms with Crippen molar-refractivity contribution >= 4 is 33.4 Å². The molecule has 0 aromatic heterocycles. The Balaban J connectivity index is 1.55. The second-order valence-electron chi connectivity index (χ2n) is 13.5. The molecule has 0 aliphatic heterocycles. The number of alkyl halides is 4. The number of carbonyl (C=O) groups excluding carboxylic acids is 4. The molecule has 4 aliphatic carbocycles. The van der Waals surface area contributed by atoms with Crippen LogP contribution in [0.1, 0.15) is 78.1 Å². The molecule has 0 saturated heterocycles. The van der Waals surface area contributed by atoms with Gasteiger partial charge in [0.25, 0.3) is 13.1 Å². The van der Waals surface area contributed by atoms with Gasteiger partial charge in [-0.05, 0) is 38.0 Å².